The van der Waals surface area contributed by atoms with E-state index in [1.807, 2.05) is 0 Å². The number of aromatic hydroxyl groups is 2. The second-order valence-electron chi connectivity index (χ2n) is 5.31. The topological polar surface area (TPSA) is 74.6 Å². The highest BCUT2D eigenvalue weighted by Crippen LogP contribution is 2.32. The van der Waals surface area contributed by atoms with Crippen LogP contribution in [0.5, 0.6) is 11.5 Å². The Labute approximate surface area is 124 Å². The van der Waals surface area contributed by atoms with Gasteiger partial charge in [-0.25, -0.2) is 8.42 Å². The highest BCUT2D eigenvalue weighted by Gasteiger charge is 2.24. The average molecular weight is 306 g/mol. The van der Waals surface area contributed by atoms with E-state index in [1.165, 1.54) is 24.3 Å². The van der Waals surface area contributed by atoms with Crippen LogP contribution in [-0.4, -0.2) is 18.6 Å². The number of hydrogen-bond donors (Lipinski definition) is 2. The summed E-state index contributed by atoms with van der Waals surface area (Å²) in [4.78, 5) is 0.344. The third kappa shape index (κ3) is 2.61. The molecule has 2 rings (SSSR count). The number of benzene rings is 2. The smallest absolute Gasteiger partial charge is 0.207 e. The summed E-state index contributed by atoms with van der Waals surface area (Å²) >= 11 is 0. The predicted octanol–water partition coefficient (Wildman–Crippen LogP) is 3.16. The van der Waals surface area contributed by atoms with Gasteiger partial charge in [-0.05, 0) is 74.2 Å². The Balaban J connectivity index is 2.74. The molecule has 0 aliphatic heterocycles. The van der Waals surface area contributed by atoms with Gasteiger partial charge in [-0.3, -0.25) is 0 Å². The Bertz CT molecular complexity index is 757. The van der Waals surface area contributed by atoms with Crippen molar-refractivity contribution in [1.29, 1.82) is 0 Å². The molecular formula is C16H18O4S. The quantitative estimate of drug-likeness (QED) is 0.893. The molecule has 0 aliphatic rings. The first-order chi connectivity index (χ1) is 9.64. The molecule has 5 heteroatoms. The van der Waals surface area contributed by atoms with Crippen LogP contribution in [0.4, 0.5) is 0 Å². The molecule has 2 aromatic carbocycles. The van der Waals surface area contributed by atoms with E-state index in [9.17, 15) is 18.6 Å². The van der Waals surface area contributed by atoms with Gasteiger partial charge in [-0.2, -0.15) is 0 Å². The first kappa shape index (κ1) is 15.4. The highest BCUT2D eigenvalue weighted by atomic mass is 32.2. The molecule has 112 valence electrons. The maximum absolute atomic E-state index is 12.8. The summed E-state index contributed by atoms with van der Waals surface area (Å²) in [5, 5.41) is 19.3. The van der Waals surface area contributed by atoms with Gasteiger partial charge in [0.05, 0.1) is 9.79 Å². The van der Waals surface area contributed by atoms with Crippen LogP contribution in [0.25, 0.3) is 0 Å². The van der Waals surface area contributed by atoms with Crippen LogP contribution in [-0.2, 0) is 9.84 Å². The molecule has 2 aromatic rings. The van der Waals surface area contributed by atoms with Crippen molar-refractivity contribution in [2.75, 3.05) is 0 Å². The van der Waals surface area contributed by atoms with Crippen LogP contribution >= 0.6 is 0 Å². The molecule has 0 saturated carbocycles. The molecule has 0 unspecified atom stereocenters. The summed E-state index contributed by atoms with van der Waals surface area (Å²) in [6, 6.07) is 5.85. The summed E-state index contributed by atoms with van der Waals surface area (Å²) in [5.41, 5.74) is 1.99. The third-order valence-corrected chi connectivity index (χ3v) is 5.60. The Hall–Kier alpha value is -2.01. The molecule has 0 atom stereocenters. The van der Waals surface area contributed by atoms with E-state index in [0.29, 0.717) is 22.3 Å². The third-order valence-electron chi connectivity index (χ3n) is 3.57. The van der Waals surface area contributed by atoms with Crippen molar-refractivity contribution in [3.8, 4) is 11.5 Å². The molecule has 0 aromatic heterocycles. The number of phenolic OH excluding ortho intramolecular Hbond substituents is 2. The molecule has 0 radical (unpaired) electrons. The van der Waals surface area contributed by atoms with Gasteiger partial charge >= 0.3 is 0 Å². The first-order valence-electron chi connectivity index (χ1n) is 6.50. The maximum atomic E-state index is 12.8. The van der Waals surface area contributed by atoms with Crippen molar-refractivity contribution < 1.29 is 18.6 Å². The van der Waals surface area contributed by atoms with Crippen molar-refractivity contribution >= 4 is 9.84 Å². The molecular weight excluding hydrogens is 288 g/mol. The van der Waals surface area contributed by atoms with Crippen molar-refractivity contribution in [1.82, 2.24) is 0 Å². The molecule has 0 fully saturated rings. The SMILES string of the molecule is Cc1cc(S(=O)(=O)c2cc(C)c(O)cc2C)c(C)cc1O. The number of aryl methyl sites for hydroxylation is 4. The van der Waals surface area contributed by atoms with Crippen molar-refractivity contribution in [3.63, 3.8) is 0 Å². The van der Waals surface area contributed by atoms with Crippen molar-refractivity contribution in [2.24, 2.45) is 0 Å². The van der Waals surface area contributed by atoms with E-state index >= 15 is 0 Å². The fraction of sp³-hybridized carbons (Fsp3) is 0.250. The molecule has 2 N–H and O–H groups in total. The number of hydrogen-bond acceptors (Lipinski definition) is 4. The normalized spacial score (nSPS) is 11.6. The molecule has 0 aliphatic carbocycles. The van der Waals surface area contributed by atoms with Gasteiger partial charge in [0.1, 0.15) is 11.5 Å². The minimum atomic E-state index is -3.70. The lowest BCUT2D eigenvalue weighted by atomic mass is 10.1. The zero-order valence-electron chi connectivity index (χ0n) is 12.4. The largest absolute Gasteiger partial charge is 0.508 e. The van der Waals surface area contributed by atoms with Crippen LogP contribution in [0.1, 0.15) is 22.3 Å². The summed E-state index contributed by atoms with van der Waals surface area (Å²) in [5.74, 6) is 0.148. The van der Waals surface area contributed by atoms with Crippen molar-refractivity contribution in [3.05, 3.63) is 46.5 Å². The van der Waals surface area contributed by atoms with E-state index < -0.39 is 9.84 Å². The molecule has 0 heterocycles. The summed E-state index contributed by atoms with van der Waals surface area (Å²) < 4.78 is 25.7. The van der Waals surface area contributed by atoms with Crippen LogP contribution < -0.4 is 0 Å². The van der Waals surface area contributed by atoms with E-state index in [0.717, 1.165) is 0 Å². The zero-order valence-corrected chi connectivity index (χ0v) is 13.2. The average Bonchev–Trinajstić information content (AvgIpc) is 2.37. The lowest BCUT2D eigenvalue weighted by Crippen LogP contribution is -2.07. The van der Waals surface area contributed by atoms with Crippen LogP contribution in [0.3, 0.4) is 0 Å². The molecule has 21 heavy (non-hydrogen) atoms. The number of rotatable bonds is 2. The lowest BCUT2D eigenvalue weighted by molar-refractivity contribution is 0.469. The molecule has 0 saturated heterocycles. The van der Waals surface area contributed by atoms with Crippen LogP contribution in [0.15, 0.2) is 34.1 Å². The van der Waals surface area contributed by atoms with Gasteiger partial charge in [0.15, 0.2) is 0 Å². The van der Waals surface area contributed by atoms with E-state index in [2.05, 4.69) is 0 Å². The molecule has 0 spiro atoms. The van der Waals surface area contributed by atoms with Gasteiger partial charge in [0.2, 0.25) is 9.84 Å². The predicted molar refractivity (Wildman–Crippen MR) is 80.6 cm³/mol. The zero-order chi connectivity index (χ0) is 15.9. The Morgan fingerprint density at radius 1 is 0.667 bits per heavy atom. The molecule has 4 nitrogen and oxygen atoms in total. The summed E-state index contributed by atoms with van der Waals surface area (Å²) in [7, 11) is -3.70. The first-order valence-corrected chi connectivity index (χ1v) is 7.98. The lowest BCUT2D eigenvalue weighted by Gasteiger charge is -2.13. The van der Waals surface area contributed by atoms with E-state index in [4.69, 9.17) is 0 Å². The minimum Gasteiger partial charge on any atom is -0.508 e. The second-order valence-corrected chi connectivity index (χ2v) is 7.20. The Morgan fingerprint density at radius 2 is 1.00 bits per heavy atom. The van der Waals surface area contributed by atoms with Gasteiger partial charge in [0, 0.05) is 0 Å². The summed E-state index contributed by atoms with van der Waals surface area (Å²) in [6.07, 6.45) is 0. The molecule has 0 bridgehead atoms. The molecule has 0 amide bonds. The van der Waals surface area contributed by atoms with Gasteiger partial charge < -0.3 is 10.2 Å². The minimum absolute atomic E-state index is 0.0741. The number of sulfone groups is 1. The van der Waals surface area contributed by atoms with Gasteiger partial charge in [0.25, 0.3) is 0 Å². The van der Waals surface area contributed by atoms with Gasteiger partial charge in [-0.1, -0.05) is 0 Å². The monoisotopic (exact) mass is 306 g/mol. The second kappa shape index (κ2) is 5.07. The summed E-state index contributed by atoms with van der Waals surface area (Å²) in [6.45, 7) is 6.61. The highest BCUT2D eigenvalue weighted by molar-refractivity contribution is 7.91. The standard InChI is InChI=1S/C16H18O4S/c1-9-7-15(11(3)5-13(9)17)21(19,20)16-8-10(2)14(18)6-12(16)4/h5-8,17-18H,1-4H3. The fourth-order valence-electron chi connectivity index (χ4n) is 2.25. The van der Waals surface area contributed by atoms with E-state index in [-0.39, 0.29) is 21.3 Å². The van der Waals surface area contributed by atoms with Gasteiger partial charge in [-0.15, -0.1) is 0 Å². The van der Waals surface area contributed by atoms with E-state index in [1.54, 1.807) is 27.7 Å². The Kier molecular flexibility index (Phi) is 3.72. The van der Waals surface area contributed by atoms with Crippen LogP contribution in [0.2, 0.25) is 0 Å². The number of phenols is 2. The Morgan fingerprint density at radius 3 is 1.33 bits per heavy atom. The maximum Gasteiger partial charge on any atom is 0.207 e. The van der Waals surface area contributed by atoms with Crippen molar-refractivity contribution in [2.45, 2.75) is 37.5 Å². The van der Waals surface area contributed by atoms with Crippen LogP contribution in [0, 0.1) is 27.7 Å². The fourth-order valence-corrected chi connectivity index (χ4v) is 4.11.